The second-order valence-corrected chi connectivity index (χ2v) is 1.35. The Morgan fingerprint density at radius 3 is 0.727 bits per heavy atom. The molecule has 0 saturated carbocycles. The zero-order valence-corrected chi connectivity index (χ0v) is 10.1. The molecule has 0 fully saturated rings. The average molecular weight is 162 g/mol. The van der Waals surface area contributed by atoms with Gasteiger partial charge in [0.15, 0.2) is 0 Å². The highest BCUT2D eigenvalue weighted by molar-refractivity contribution is 4.24. The van der Waals surface area contributed by atoms with Crippen molar-refractivity contribution in [2.24, 2.45) is 0 Å². The summed E-state index contributed by atoms with van der Waals surface area (Å²) < 4.78 is 0. The minimum atomic E-state index is 1.34. The molecule has 74 valence electrons. The Labute approximate surface area is 75.4 Å². The van der Waals surface area contributed by atoms with Gasteiger partial charge in [0.1, 0.15) is 0 Å². The van der Waals surface area contributed by atoms with Gasteiger partial charge in [-0.25, -0.2) is 0 Å². The van der Waals surface area contributed by atoms with Crippen LogP contribution < -0.4 is 0 Å². The van der Waals surface area contributed by atoms with Crippen LogP contribution in [0.25, 0.3) is 0 Å². The number of hydrogen-bond donors (Lipinski definition) is 0. The minimum absolute atomic E-state index is 1.34. The molecule has 0 heteroatoms. The molecule has 0 aromatic heterocycles. The van der Waals surface area contributed by atoms with Gasteiger partial charge in [0, 0.05) is 0 Å². The monoisotopic (exact) mass is 162 g/mol. The lowest BCUT2D eigenvalue weighted by Gasteiger charge is -1.79. The summed E-state index contributed by atoms with van der Waals surface area (Å²) in [4.78, 5) is 0. The molecule has 0 amide bonds. The van der Waals surface area contributed by atoms with Gasteiger partial charge in [-0.05, 0) is 0 Å². The standard InChI is InChI=1S/C5H12.3C2H6/c1-3-5-4-2;3*1-2/h3-5H2,1-2H3;3*1-2H3. The van der Waals surface area contributed by atoms with Crippen LogP contribution >= 0.6 is 0 Å². The van der Waals surface area contributed by atoms with Crippen LogP contribution in [0, 0.1) is 0 Å². The summed E-state index contributed by atoms with van der Waals surface area (Å²) in [5.41, 5.74) is 0. The molecule has 0 N–H and O–H groups in total. The van der Waals surface area contributed by atoms with E-state index in [0.29, 0.717) is 0 Å². The topological polar surface area (TPSA) is 0 Å². The number of rotatable bonds is 2. The van der Waals surface area contributed by atoms with Gasteiger partial charge < -0.3 is 0 Å². The molecule has 0 aromatic carbocycles. The Hall–Kier alpha value is 0. The molecule has 11 heavy (non-hydrogen) atoms. The van der Waals surface area contributed by atoms with E-state index in [4.69, 9.17) is 0 Å². The van der Waals surface area contributed by atoms with E-state index in [2.05, 4.69) is 13.8 Å². The smallest absolute Gasteiger partial charge is 0.0538 e. The largest absolute Gasteiger partial charge is 0.0683 e. The lowest BCUT2D eigenvalue weighted by atomic mass is 10.3. The van der Waals surface area contributed by atoms with Crippen molar-refractivity contribution >= 4 is 0 Å². The Balaban J connectivity index is -0.0000000350. The highest BCUT2D eigenvalue weighted by atomic mass is 13.7. The normalized spacial score (nSPS) is 5.45. The molecule has 0 bridgehead atoms. The molecule has 0 saturated heterocycles. The fourth-order valence-electron chi connectivity index (χ4n) is 0.354. The quantitative estimate of drug-likeness (QED) is 0.518. The van der Waals surface area contributed by atoms with Crippen molar-refractivity contribution in [3.63, 3.8) is 0 Å². The van der Waals surface area contributed by atoms with Gasteiger partial charge in [0.25, 0.3) is 0 Å². The van der Waals surface area contributed by atoms with Crippen LogP contribution in [-0.2, 0) is 0 Å². The molecular formula is C11H30. The third kappa shape index (κ3) is 160. The third-order valence-corrected chi connectivity index (χ3v) is 0.707. The first-order valence-corrected chi connectivity index (χ1v) is 5.41. The van der Waals surface area contributed by atoms with E-state index in [1.165, 1.54) is 19.3 Å². The third-order valence-electron chi connectivity index (χ3n) is 0.707. The SMILES string of the molecule is CC.CC.CC.CCCCC. The highest BCUT2D eigenvalue weighted by Gasteiger charge is 1.68. The van der Waals surface area contributed by atoms with Gasteiger partial charge in [-0.3, -0.25) is 0 Å². The molecule has 0 rings (SSSR count). The fourth-order valence-corrected chi connectivity index (χ4v) is 0.354. The molecule has 0 atom stereocenters. The van der Waals surface area contributed by atoms with Crippen molar-refractivity contribution in [1.29, 1.82) is 0 Å². The van der Waals surface area contributed by atoms with Gasteiger partial charge in [0.2, 0.25) is 0 Å². The van der Waals surface area contributed by atoms with E-state index in [9.17, 15) is 0 Å². The maximum atomic E-state index is 2.21. The predicted molar refractivity (Wildman–Crippen MR) is 59.2 cm³/mol. The van der Waals surface area contributed by atoms with Crippen molar-refractivity contribution in [1.82, 2.24) is 0 Å². The van der Waals surface area contributed by atoms with Gasteiger partial charge in [-0.2, -0.15) is 0 Å². The summed E-state index contributed by atoms with van der Waals surface area (Å²) >= 11 is 0. The Morgan fingerprint density at radius 2 is 0.727 bits per heavy atom. The first-order valence-electron chi connectivity index (χ1n) is 5.41. The molecule has 0 heterocycles. The van der Waals surface area contributed by atoms with Crippen LogP contribution in [0.4, 0.5) is 0 Å². The lowest BCUT2D eigenvalue weighted by molar-refractivity contribution is 0.772. The second kappa shape index (κ2) is 90.0. The lowest BCUT2D eigenvalue weighted by Crippen LogP contribution is -1.59. The molecule has 0 aliphatic carbocycles. The highest BCUT2D eigenvalue weighted by Crippen LogP contribution is 1.88. The summed E-state index contributed by atoms with van der Waals surface area (Å²) in [6.45, 7) is 16.4. The van der Waals surface area contributed by atoms with Crippen molar-refractivity contribution in [2.75, 3.05) is 0 Å². The van der Waals surface area contributed by atoms with Crippen LogP contribution in [0.3, 0.4) is 0 Å². The van der Waals surface area contributed by atoms with Gasteiger partial charge in [-0.1, -0.05) is 74.7 Å². The van der Waals surface area contributed by atoms with Crippen LogP contribution in [-0.4, -0.2) is 0 Å². The van der Waals surface area contributed by atoms with Crippen molar-refractivity contribution in [3.8, 4) is 0 Å². The van der Waals surface area contributed by atoms with E-state index in [0.717, 1.165) is 0 Å². The fraction of sp³-hybridized carbons (Fsp3) is 1.00. The zero-order valence-electron chi connectivity index (χ0n) is 10.1. The van der Waals surface area contributed by atoms with E-state index < -0.39 is 0 Å². The second-order valence-electron chi connectivity index (χ2n) is 1.35. The molecule has 0 aromatic rings. The summed E-state index contributed by atoms with van der Waals surface area (Å²) in [7, 11) is 0. The number of hydrogen-bond acceptors (Lipinski definition) is 0. The van der Waals surface area contributed by atoms with E-state index >= 15 is 0 Å². The van der Waals surface area contributed by atoms with Gasteiger partial charge >= 0.3 is 0 Å². The van der Waals surface area contributed by atoms with Crippen molar-refractivity contribution < 1.29 is 0 Å². The molecule has 0 aliphatic heterocycles. The van der Waals surface area contributed by atoms with Gasteiger partial charge in [-0.15, -0.1) is 0 Å². The Bertz CT molecular complexity index is 7.51. The van der Waals surface area contributed by atoms with Gasteiger partial charge in [0.05, 0.1) is 0 Å². The Morgan fingerprint density at radius 1 is 0.545 bits per heavy atom. The Kier molecular flexibility index (Phi) is 184. The van der Waals surface area contributed by atoms with Crippen LogP contribution in [0.2, 0.25) is 0 Å². The summed E-state index contributed by atoms with van der Waals surface area (Å²) in [5, 5.41) is 0. The molecule has 0 aliphatic rings. The maximum absolute atomic E-state index is 2.21. The molecule has 0 radical (unpaired) electrons. The first kappa shape index (κ1) is 22.4. The first-order chi connectivity index (χ1) is 5.41. The van der Waals surface area contributed by atoms with E-state index in [1.807, 2.05) is 41.5 Å². The average Bonchev–Trinajstić information content (AvgIpc) is 2.16. The molecular weight excluding hydrogens is 132 g/mol. The van der Waals surface area contributed by atoms with Crippen molar-refractivity contribution in [2.45, 2.75) is 74.7 Å². The number of unbranched alkanes of at least 4 members (excludes halogenated alkanes) is 2. The molecule has 0 unspecified atom stereocenters. The van der Waals surface area contributed by atoms with Crippen LogP contribution in [0.5, 0.6) is 0 Å². The van der Waals surface area contributed by atoms with E-state index in [1.54, 1.807) is 0 Å². The summed E-state index contributed by atoms with van der Waals surface area (Å²) in [6.07, 6.45) is 4.08. The zero-order chi connectivity index (χ0) is 10.1. The predicted octanol–water partition coefficient (Wildman–Crippen LogP) is 5.28. The van der Waals surface area contributed by atoms with Crippen LogP contribution in [0.1, 0.15) is 74.7 Å². The van der Waals surface area contributed by atoms with Crippen molar-refractivity contribution in [3.05, 3.63) is 0 Å². The summed E-state index contributed by atoms with van der Waals surface area (Å²) in [5.74, 6) is 0. The summed E-state index contributed by atoms with van der Waals surface area (Å²) in [6, 6.07) is 0. The van der Waals surface area contributed by atoms with Crippen LogP contribution in [0.15, 0.2) is 0 Å². The minimum Gasteiger partial charge on any atom is -0.0683 e. The molecule has 0 spiro atoms. The molecule has 0 nitrogen and oxygen atoms in total. The van der Waals surface area contributed by atoms with E-state index in [-0.39, 0.29) is 0 Å². The maximum Gasteiger partial charge on any atom is -0.0538 e.